The Morgan fingerprint density at radius 3 is 2.07 bits per heavy atom. The molecule has 316 valence electrons. The van der Waals surface area contributed by atoms with Crippen LogP contribution in [0.3, 0.4) is 0 Å². The number of unbranched alkanes of at least 4 members (excludes halogenated alkanes) is 2. The highest BCUT2D eigenvalue weighted by Crippen LogP contribution is 2.46. The van der Waals surface area contributed by atoms with E-state index in [1.54, 1.807) is 4.68 Å². The molecule has 0 spiro atoms. The Hall–Kier alpha value is -4.23. The van der Waals surface area contributed by atoms with E-state index >= 15 is 0 Å². The zero-order chi connectivity index (χ0) is 43.7. The van der Waals surface area contributed by atoms with Crippen molar-refractivity contribution in [1.82, 2.24) is 25.6 Å². The molecular formula is C48H69Cl2N7O. The molecule has 0 unspecified atom stereocenters. The zero-order valence-electron chi connectivity index (χ0n) is 36.5. The Morgan fingerprint density at radius 2 is 1.55 bits per heavy atom. The van der Waals surface area contributed by atoms with E-state index in [1.165, 1.54) is 44.7 Å². The molecule has 0 aliphatic heterocycles. The molecule has 1 saturated carbocycles. The molecule has 0 saturated heterocycles. The number of allylic oxidation sites excluding steroid dienone is 1. The summed E-state index contributed by atoms with van der Waals surface area (Å²) in [5.41, 5.74) is 13.2. The van der Waals surface area contributed by atoms with Crippen molar-refractivity contribution in [3.63, 3.8) is 0 Å². The van der Waals surface area contributed by atoms with E-state index in [1.807, 2.05) is 88.5 Å². The van der Waals surface area contributed by atoms with Crippen molar-refractivity contribution in [1.29, 1.82) is 0 Å². The van der Waals surface area contributed by atoms with Gasteiger partial charge in [-0.1, -0.05) is 139 Å². The quantitative estimate of drug-likeness (QED) is 0.0225. The van der Waals surface area contributed by atoms with Crippen LogP contribution in [0.1, 0.15) is 103 Å². The second kappa shape index (κ2) is 28.2. The maximum Gasteiger partial charge on any atom is 0.212 e. The number of hydrogen-bond acceptors (Lipinski definition) is 6. The largest absolute Gasteiger partial charge is 0.333 e. The second-order valence-corrected chi connectivity index (χ2v) is 14.5. The van der Waals surface area contributed by atoms with E-state index in [4.69, 9.17) is 33.3 Å². The van der Waals surface area contributed by atoms with Crippen LogP contribution < -0.4 is 21.7 Å². The van der Waals surface area contributed by atoms with Crippen LogP contribution in [0.15, 0.2) is 78.6 Å². The van der Waals surface area contributed by atoms with Gasteiger partial charge < -0.3 is 21.7 Å². The number of nitrogens with zero attached hydrogens (tertiary/aromatic N) is 3. The average Bonchev–Trinajstić information content (AvgIpc) is 3.61. The van der Waals surface area contributed by atoms with Crippen molar-refractivity contribution in [3.8, 4) is 46.4 Å². The molecule has 2 heterocycles. The number of amidine groups is 1. The number of carbonyl (C=O) groups is 1. The number of aryl methyl sites for hydroxylation is 2. The van der Waals surface area contributed by atoms with Gasteiger partial charge in [0.2, 0.25) is 6.41 Å². The first-order valence-electron chi connectivity index (χ1n) is 20.6. The minimum atomic E-state index is 0.439. The Balaban J connectivity index is 0.00000125. The summed E-state index contributed by atoms with van der Waals surface area (Å²) >= 11 is 14.2. The summed E-state index contributed by atoms with van der Waals surface area (Å²) in [6.07, 6.45) is 21.0. The first kappa shape index (κ1) is 51.8. The summed E-state index contributed by atoms with van der Waals surface area (Å²) in [5, 5.41) is 15.7. The lowest BCUT2D eigenvalue weighted by molar-refractivity contribution is -0.108. The standard InChI is InChI=1S/C37H44Cl2N6O.C6H12.C2H6.C2H2.CH5N/c1-6-37(7-2)18-28(19-37)41-21-34(42-23-46)44-45-22-27(17-24(45)4)29-11-9-12-30(35(29)38)31-13-10-14-32(36(31)39)33-16-15-26(20-40-8-3)25(5)43-33;1-3-5-6-4-2;3*1-2/h9-17,22-23,28,40-41H,6-8,18-21H2,1-5H3,(H,42,44,46);3H,1,4-6H2,2H3;1-2H3;1-2H;2H2,1H3. The topological polar surface area (TPSA) is 109 Å². The molecule has 1 aliphatic carbocycles. The molecule has 1 fully saturated rings. The number of halogens is 2. The average molecular weight is 831 g/mol. The molecule has 0 bridgehead atoms. The summed E-state index contributed by atoms with van der Waals surface area (Å²) in [5.74, 6) is 0.563. The summed E-state index contributed by atoms with van der Waals surface area (Å²) < 4.78 is 1.79. The summed E-state index contributed by atoms with van der Waals surface area (Å²) in [7, 11) is 1.50. The first-order chi connectivity index (χ1) is 28.1. The van der Waals surface area contributed by atoms with E-state index in [-0.39, 0.29) is 0 Å². The van der Waals surface area contributed by atoms with Crippen LogP contribution in [0.5, 0.6) is 0 Å². The number of pyridine rings is 1. The van der Waals surface area contributed by atoms with E-state index in [0.717, 1.165) is 70.8 Å². The van der Waals surface area contributed by atoms with Gasteiger partial charge in [-0.3, -0.25) is 9.78 Å². The Kier molecular flexibility index (Phi) is 25.2. The molecule has 1 aliphatic rings. The highest BCUT2D eigenvalue weighted by atomic mass is 35.5. The summed E-state index contributed by atoms with van der Waals surface area (Å²) in [6.45, 7) is 22.6. The van der Waals surface area contributed by atoms with Crippen molar-refractivity contribution in [3.05, 3.63) is 100 Å². The van der Waals surface area contributed by atoms with E-state index in [9.17, 15) is 4.79 Å². The van der Waals surface area contributed by atoms with Crippen LogP contribution in [0.4, 0.5) is 0 Å². The molecule has 8 nitrogen and oxygen atoms in total. The SMILES string of the molecule is C#C.C=CCCCC.CC.CCNCc1ccc(-c2cccc(-c3cccc(-c4cc(C)n(/N=C(/CNC5CC(CC)(CC)C5)NC=O)c4)c3Cl)c2Cl)nc1C.CN. The van der Waals surface area contributed by atoms with Crippen molar-refractivity contribution in [2.75, 3.05) is 20.1 Å². The van der Waals surface area contributed by atoms with Gasteiger partial charge >= 0.3 is 0 Å². The molecule has 2 aromatic heterocycles. The minimum absolute atomic E-state index is 0.439. The van der Waals surface area contributed by atoms with Gasteiger partial charge in [-0.15, -0.1) is 19.4 Å². The third kappa shape index (κ3) is 14.5. The fourth-order valence-corrected chi connectivity index (χ4v) is 7.43. The van der Waals surface area contributed by atoms with Crippen molar-refractivity contribution < 1.29 is 4.79 Å². The second-order valence-electron chi connectivity index (χ2n) is 13.7. The van der Waals surface area contributed by atoms with Gasteiger partial charge in [0.15, 0.2) is 0 Å². The summed E-state index contributed by atoms with van der Waals surface area (Å²) in [6, 6.07) is 18.6. The van der Waals surface area contributed by atoms with E-state index in [0.29, 0.717) is 40.3 Å². The lowest BCUT2D eigenvalue weighted by Crippen LogP contribution is -2.50. The maximum atomic E-state index is 11.4. The molecule has 2 aromatic carbocycles. The van der Waals surface area contributed by atoms with Crippen molar-refractivity contribution in [2.24, 2.45) is 16.3 Å². The van der Waals surface area contributed by atoms with Gasteiger partial charge in [0, 0.05) is 58.0 Å². The fourth-order valence-electron chi connectivity index (χ4n) is 6.76. The highest BCUT2D eigenvalue weighted by Gasteiger charge is 2.40. The molecule has 10 heteroatoms. The highest BCUT2D eigenvalue weighted by molar-refractivity contribution is 6.39. The van der Waals surface area contributed by atoms with Crippen molar-refractivity contribution >= 4 is 35.4 Å². The van der Waals surface area contributed by atoms with Gasteiger partial charge in [0.25, 0.3) is 0 Å². The number of terminal acetylenes is 1. The molecule has 58 heavy (non-hydrogen) atoms. The third-order valence-electron chi connectivity index (χ3n) is 10.3. The number of nitrogens with one attached hydrogen (secondary N) is 3. The maximum absolute atomic E-state index is 11.4. The third-order valence-corrected chi connectivity index (χ3v) is 11.1. The number of benzene rings is 2. The van der Waals surface area contributed by atoms with E-state index < -0.39 is 0 Å². The number of carbonyl (C=O) groups excluding carboxylic acids is 1. The van der Waals surface area contributed by atoms with Crippen LogP contribution in [0.2, 0.25) is 10.0 Å². The van der Waals surface area contributed by atoms with Crippen LogP contribution in [0, 0.1) is 32.1 Å². The minimum Gasteiger partial charge on any atom is -0.333 e. The van der Waals surface area contributed by atoms with Crippen LogP contribution in [0.25, 0.3) is 33.5 Å². The molecule has 0 atom stereocenters. The van der Waals surface area contributed by atoms with Crippen LogP contribution in [-0.4, -0.2) is 48.1 Å². The molecular weight excluding hydrogens is 761 g/mol. The lowest BCUT2D eigenvalue weighted by atomic mass is 9.62. The number of amides is 1. The van der Waals surface area contributed by atoms with Crippen molar-refractivity contribution in [2.45, 2.75) is 113 Å². The van der Waals surface area contributed by atoms with Gasteiger partial charge in [-0.05, 0) is 69.8 Å². The monoisotopic (exact) mass is 829 g/mol. The predicted octanol–water partition coefficient (Wildman–Crippen LogP) is 11.6. The number of nitrogens with two attached hydrogens (primary N) is 1. The van der Waals surface area contributed by atoms with Crippen LogP contribution >= 0.6 is 23.2 Å². The molecule has 1 amide bonds. The van der Waals surface area contributed by atoms with Gasteiger partial charge in [0.05, 0.1) is 22.3 Å². The molecule has 0 radical (unpaired) electrons. The fraction of sp³-hybridized carbons (Fsp3) is 0.438. The normalized spacial score (nSPS) is 12.8. The van der Waals surface area contributed by atoms with Crippen LogP contribution in [-0.2, 0) is 11.3 Å². The molecule has 5 rings (SSSR count). The molecule has 5 N–H and O–H groups in total. The van der Waals surface area contributed by atoms with Gasteiger partial charge in [0.1, 0.15) is 5.84 Å². The number of aromatic nitrogens is 2. The Labute approximate surface area is 360 Å². The lowest BCUT2D eigenvalue weighted by Gasteiger charge is -2.47. The molecule has 4 aromatic rings. The zero-order valence-corrected chi connectivity index (χ0v) is 38.0. The first-order valence-corrected chi connectivity index (χ1v) is 21.4. The number of rotatable bonds is 16. The predicted molar refractivity (Wildman–Crippen MR) is 253 cm³/mol. The summed E-state index contributed by atoms with van der Waals surface area (Å²) in [4.78, 5) is 16.3. The Morgan fingerprint density at radius 1 is 0.966 bits per heavy atom. The van der Waals surface area contributed by atoms with Gasteiger partial charge in [-0.2, -0.15) is 5.10 Å². The van der Waals surface area contributed by atoms with Gasteiger partial charge in [-0.25, -0.2) is 4.68 Å². The smallest absolute Gasteiger partial charge is 0.212 e. The Bertz CT molecular complexity index is 1870. The number of hydrogen-bond donors (Lipinski definition) is 4. The van der Waals surface area contributed by atoms with E-state index in [2.05, 4.69) is 74.9 Å².